The molecule has 0 bridgehead atoms. The van der Waals surface area contributed by atoms with Crippen molar-refractivity contribution < 1.29 is 142 Å². The number of nitrogens with one attached hydrogen (secondary N) is 3. The first kappa shape index (κ1) is 45.5. The molecule has 5 N–H and O–H groups in total. The largest absolute Gasteiger partial charge is 1.00 e. The number of nitrogens with zero attached hydrogens (tertiary/aromatic N) is 3. The van der Waals surface area contributed by atoms with Crippen LogP contribution in [0.5, 0.6) is 0 Å². The molecule has 4 aromatic carbocycles. The van der Waals surface area contributed by atoms with Gasteiger partial charge in [0.1, 0.15) is 30.4 Å². The summed E-state index contributed by atoms with van der Waals surface area (Å²) in [6.07, 6.45) is -1.32. The van der Waals surface area contributed by atoms with Gasteiger partial charge in [0.15, 0.2) is 11.6 Å². The summed E-state index contributed by atoms with van der Waals surface area (Å²) in [6, 6.07) is 13.8. The number of ketones is 2. The van der Waals surface area contributed by atoms with Crippen molar-refractivity contribution in [1.82, 2.24) is 15.0 Å². The minimum absolute atomic E-state index is 0. The molecule has 5 aromatic rings. The quantitative estimate of drug-likeness (QED) is 0.0630. The molecular weight excluding hydrogens is 807 g/mol. The molecule has 262 valence electrons. The number of anilines is 5. The fourth-order valence-corrected chi connectivity index (χ4v) is 6.78. The standard InChI is InChI=1S/C29H20FN7O11S3.3Na/c30-27-35-28(37-29(36-27)34-18-11-15(49(40,41)42)9-10-20(18)50(43,44)45)33-14-7-5-13(6-8-14)32-19-12-21(51(46,47)48)24(31)23-22(19)25(38)16-3-1-2-4-17(16)26(23)39;;;/h1-12,32H,31H2,(H,40,41,42)(H,43,44,45)(H,46,47,48)(H2,33,34,35,36,37);;;/q;3*+1/p-3. The average Bonchev–Trinajstić information content (AvgIpc) is 3.03. The van der Waals surface area contributed by atoms with Gasteiger partial charge in [-0.15, -0.1) is 0 Å². The Labute approximate surface area is 371 Å². The number of fused-ring (bicyclic) bond motifs is 2. The third-order valence-corrected chi connectivity index (χ3v) is 9.83. The van der Waals surface area contributed by atoms with Crippen LogP contribution in [-0.2, 0) is 30.4 Å². The van der Waals surface area contributed by atoms with Crippen molar-refractivity contribution in [2.45, 2.75) is 14.7 Å². The van der Waals surface area contributed by atoms with Gasteiger partial charge in [0.25, 0.3) is 6.08 Å². The zero-order valence-corrected chi connectivity index (χ0v) is 36.4. The number of carbonyl (C=O) groups excluding carboxylic acids is 2. The Balaban J connectivity index is 0.00000261. The van der Waals surface area contributed by atoms with E-state index in [0.717, 1.165) is 6.07 Å². The van der Waals surface area contributed by atoms with Gasteiger partial charge in [-0.25, -0.2) is 30.2 Å². The smallest absolute Gasteiger partial charge is 0.744 e. The number of nitrogens with two attached hydrogens (primary N) is 1. The van der Waals surface area contributed by atoms with Crippen LogP contribution in [0, 0.1) is 6.08 Å². The Hall–Kier alpha value is -2.91. The van der Waals surface area contributed by atoms with Crippen molar-refractivity contribution in [2.75, 3.05) is 16.4 Å². The van der Waals surface area contributed by atoms with E-state index in [1.807, 2.05) is 4.98 Å². The molecule has 0 aliphatic heterocycles. The van der Waals surface area contributed by atoms with E-state index < -0.39 is 91.2 Å². The van der Waals surface area contributed by atoms with Crippen LogP contribution in [-0.4, -0.2) is 65.4 Å². The molecule has 1 aromatic heterocycles. The zero-order valence-electron chi connectivity index (χ0n) is 27.9. The van der Waals surface area contributed by atoms with Crippen molar-refractivity contribution >= 4 is 76.3 Å². The molecule has 1 heterocycles. The number of rotatable bonds is 8. The number of hydrogen-bond donors (Lipinski definition) is 4. The first-order valence-corrected chi connectivity index (χ1v) is 18.0. The summed E-state index contributed by atoms with van der Waals surface area (Å²) >= 11 is 0. The predicted octanol–water partition coefficient (Wildman–Crippen LogP) is -7.25. The molecule has 25 heteroatoms. The van der Waals surface area contributed by atoms with Crippen LogP contribution in [0.2, 0.25) is 0 Å². The minimum Gasteiger partial charge on any atom is -0.744 e. The minimum atomic E-state index is -5.25. The number of halogens is 1. The Morgan fingerprint density at radius 3 is 1.76 bits per heavy atom. The fourth-order valence-electron chi connectivity index (χ4n) is 5.06. The Morgan fingerprint density at radius 2 is 1.22 bits per heavy atom. The van der Waals surface area contributed by atoms with E-state index in [1.165, 1.54) is 48.5 Å². The molecule has 0 radical (unpaired) electrons. The first-order valence-electron chi connectivity index (χ1n) is 13.8. The van der Waals surface area contributed by atoms with Gasteiger partial charge in [-0.1, -0.05) is 24.3 Å². The molecule has 0 amide bonds. The van der Waals surface area contributed by atoms with Gasteiger partial charge in [-0.05, 0) is 48.5 Å². The van der Waals surface area contributed by atoms with Crippen LogP contribution in [0.25, 0.3) is 0 Å². The Bertz CT molecular complexity index is 2750. The van der Waals surface area contributed by atoms with E-state index >= 15 is 0 Å². The number of benzene rings is 4. The van der Waals surface area contributed by atoms with E-state index in [2.05, 4.69) is 25.6 Å². The van der Waals surface area contributed by atoms with Crippen molar-refractivity contribution in [2.24, 2.45) is 4.99 Å². The molecule has 6 rings (SSSR count). The maximum absolute atomic E-state index is 14.4. The van der Waals surface area contributed by atoms with Gasteiger partial charge >= 0.3 is 88.7 Å². The molecule has 0 spiro atoms. The number of aromatic amines is 1. The van der Waals surface area contributed by atoms with Gasteiger partial charge in [0.2, 0.25) is 11.6 Å². The predicted molar refractivity (Wildman–Crippen MR) is 169 cm³/mol. The first-order chi connectivity index (χ1) is 23.8. The summed E-state index contributed by atoms with van der Waals surface area (Å²) in [4.78, 5) is 37.0. The second kappa shape index (κ2) is 17.1. The molecule has 1 aliphatic carbocycles. The molecule has 0 unspecified atom stereocenters. The van der Waals surface area contributed by atoms with Crippen molar-refractivity contribution in [3.63, 3.8) is 0 Å². The number of aromatic nitrogens is 3. The SMILES string of the molecule is Nc1c(S(=O)(=O)[O-])cc(Nc2ccc(Nc3nc(F)[nH]c(=Nc4cc(S(=O)(=O)[O-])ccc4S(=O)(=O)[O-])n3)cc2)c2c1C(=O)c1ccccc1C2=O.[Na+].[Na+].[Na+]. The van der Waals surface area contributed by atoms with E-state index in [4.69, 9.17) is 5.73 Å². The van der Waals surface area contributed by atoms with E-state index in [-0.39, 0.29) is 122 Å². The maximum Gasteiger partial charge on any atom is 1.00 e. The number of nitrogen functional groups attached to an aromatic ring is 1. The molecule has 54 heavy (non-hydrogen) atoms. The van der Waals surface area contributed by atoms with Gasteiger partial charge in [0.05, 0.1) is 42.9 Å². The van der Waals surface area contributed by atoms with E-state index in [0.29, 0.717) is 18.2 Å². The van der Waals surface area contributed by atoms with Crippen LogP contribution >= 0.6 is 0 Å². The molecule has 1 aliphatic rings. The van der Waals surface area contributed by atoms with Crippen molar-refractivity contribution in [1.29, 1.82) is 0 Å². The number of H-pyrrole nitrogens is 1. The topological polar surface area (TPSA) is 310 Å². The molecular formula is C29H17FN7Na3O11S3. The van der Waals surface area contributed by atoms with E-state index in [1.54, 1.807) is 0 Å². The van der Waals surface area contributed by atoms with Gasteiger partial charge < -0.3 is 30.0 Å². The van der Waals surface area contributed by atoms with E-state index in [9.17, 15) is 52.9 Å². The van der Waals surface area contributed by atoms with Crippen molar-refractivity contribution in [3.8, 4) is 0 Å². The zero-order chi connectivity index (χ0) is 37.0. The van der Waals surface area contributed by atoms with Crippen LogP contribution in [0.1, 0.15) is 31.8 Å². The third kappa shape index (κ3) is 9.54. The summed E-state index contributed by atoms with van der Waals surface area (Å²) in [5, 5.41) is 5.43. The molecule has 0 saturated heterocycles. The van der Waals surface area contributed by atoms with Gasteiger partial charge in [-0.3, -0.25) is 14.6 Å². The maximum atomic E-state index is 14.4. The summed E-state index contributed by atoms with van der Waals surface area (Å²) in [5.74, 6) is -1.91. The average molecular weight is 824 g/mol. The molecule has 0 saturated carbocycles. The molecule has 0 fully saturated rings. The summed E-state index contributed by atoms with van der Waals surface area (Å²) in [7, 11) is -15.6. The Kier molecular flexibility index (Phi) is 14.4. The van der Waals surface area contributed by atoms with Crippen LogP contribution in [0.3, 0.4) is 0 Å². The summed E-state index contributed by atoms with van der Waals surface area (Å²) in [5.41, 5.74) is 3.18. The van der Waals surface area contributed by atoms with Gasteiger partial charge in [0, 0.05) is 22.5 Å². The second-order valence-corrected chi connectivity index (χ2v) is 14.6. The number of hydrogen-bond acceptors (Lipinski definition) is 17. The molecule has 18 nitrogen and oxygen atoms in total. The summed E-state index contributed by atoms with van der Waals surface area (Å²) < 4.78 is 120. The normalized spacial score (nSPS) is 12.7. The van der Waals surface area contributed by atoms with Crippen LogP contribution in [0.15, 0.2) is 92.5 Å². The number of carbonyl (C=O) groups is 2. The van der Waals surface area contributed by atoms with Crippen LogP contribution in [0.4, 0.5) is 38.8 Å². The van der Waals surface area contributed by atoms with Crippen molar-refractivity contribution in [3.05, 3.63) is 107 Å². The van der Waals surface area contributed by atoms with Gasteiger partial charge in [-0.2, -0.15) is 14.4 Å². The Morgan fingerprint density at radius 1 is 0.685 bits per heavy atom. The summed E-state index contributed by atoms with van der Waals surface area (Å²) in [6.45, 7) is 0. The third-order valence-electron chi connectivity index (χ3n) is 7.23. The van der Waals surface area contributed by atoms with Crippen LogP contribution < -0.4 is 111 Å². The monoisotopic (exact) mass is 823 g/mol. The second-order valence-electron chi connectivity index (χ2n) is 10.5. The molecule has 0 atom stereocenters. The fraction of sp³-hybridized carbons (Fsp3) is 0.